The van der Waals surface area contributed by atoms with Gasteiger partial charge in [-0.2, -0.15) is 11.8 Å². The molecule has 1 saturated heterocycles. The molecule has 4 nitrogen and oxygen atoms in total. The first-order valence-electron chi connectivity index (χ1n) is 7.59. The Morgan fingerprint density at radius 3 is 2.62 bits per heavy atom. The summed E-state index contributed by atoms with van der Waals surface area (Å²) in [5.41, 5.74) is 0.464. The van der Waals surface area contributed by atoms with Crippen molar-refractivity contribution in [1.29, 1.82) is 0 Å². The van der Waals surface area contributed by atoms with Gasteiger partial charge >= 0.3 is 0 Å². The molecule has 0 unspecified atom stereocenters. The fraction of sp³-hybridized carbons (Fsp3) is 0.933. The normalized spacial score (nSPS) is 23.4. The molecule has 0 bridgehead atoms. The smallest absolute Gasteiger partial charge is 0.193 e. The van der Waals surface area contributed by atoms with Gasteiger partial charge in [0.2, 0.25) is 0 Å². The standard InChI is InChI=1S/C15H29N3OS.HI/c1-14(2)12-18(8-10-20-14)13(16-3)17-11-15(5-6-15)7-9-19-4;/h5-12H2,1-4H3,(H,16,17);1H. The maximum absolute atomic E-state index is 5.22. The minimum absolute atomic E-state index is 0. The second-order valence-corrected chi connectivity index (χ2v) is 8.48. The van der Waals surface area contributed by atoms with Crippen LogP contribution in [0.1, 0.15) is 33.1 Å². The van der Waals surface area contributed by atoms with E-state index in [9.17, 15) is 0 Å². The minimum Gasteiger partial charge on any atom is -0.385 e. The largest absolute Gasteiger partial charge is 0.385 e. The van der Waals surface area contributed by atoms with Crippen molar-refractivity contribution in [3.8, 4) is 0 Å². The highest BCUT2D eigenvalue weighted by atomic mass is 127. The molecule has 2 rings (SSSR count). The zero-order valence-electron chi connectivity index (χ0n) is 13.8. The lowest BCUT2D eigenvalue weighted by Crippen LogP contribution is -2.51. The van der Waals surface area contributed by atoms with Gasteiger partial charge in [0.25, 0.3) is 0 Å². The van der Waals surface area contributed by atoms with E-state index < -0.39 is 0 Å². The summed E-state index contributed by atoms with van der Waals surface area (Å²) in [6.07, 6.45) is 3.80. The molecular formula is C15H30IN3OS. The van der Waals surface area contributed by atoms with Crippen LogP contribution in [-0.2, 0) is 4.74 Å². The second-order valence-electron chi connectivity index (χ2n) is 6.67. The Labute approximate surface area is 150 Å². The summed E-state index contributed by atoms with van der Waals surface area (Å²) in [6, 6.07) is 0. The highest BCUT2D eigenvalue weighted by Crippen LogP contribution is 2.48. The van der Waals surface area contributed by atoms with E-state index in [1.54, 1.807) is 7.11 Å². The average molecular weight is 427 g/mol. The first-order valence-corrected chi connectivity index (χ1v) is 8.57. The van der Waals surface area contributed by atoms with Crippen molar-refractivity contribution >= 4 is 41.7 Å². The van der Waals surface area contributed by atoms with E-state index in [-0.39, 0.29) is 24.0 Å². The molecule has 1 aliphatic carbocycles. The molecule has 21 heavy (non-hydrogen) atoms. The predicted octanol–water partition coefficient (Wildman–Crippen LogP) is 2.82. The molecule has 0 aromatic rings. The molecule has 2 aliphatic rings. The number of thioether (sulfide) groups is 1. The molecule has 1 aliphatic heterocycles. The maximum Gasteiger partial charge on any atom is 0.193 e. The molecular weight excluding hydrogens is 397 g/mol. The van der Waals surface area contributed by atoms with Gasteiger partial charge in [0, 0.05) is 50.9 Å². The second kappa shape index (κ2) is 8.24. The van der Waals surface area contributed by atoms with E-state index in [4.69, 9.17) is 4.74 Å². The van der Waals surface area contributed by atoms with Gasteiger partial charge in [0.15, 0.2) is 5.96 Å². The molecule has 124 valence electrons. The lowest BCUT2D eigenvalue weighted by atomic mass is 10.0. The van der Waals surface area contributed by atoms with Gasteiger partial charge < -0.3 is 15.0 Å². The Bertz CT molecular complexity index is 359. The molecule has 1 N–H and O–H groups in total. The maximum atomic E-state index is 5.22. The molecule has 0 aromatic heterocycles. The minimum atomic E-state index is 0. The van der Waals surface area contributed by atoms with E-state index >= 15 is 0 Å². The summed E-state index contributed by atoms with van der Waals surface area (Å²) in [6.45, 7) is 8.71. The van der Waals surface area contributed by atoms with Crippen LogP contribution in [0, 0.1) is 5.41 Å². The Morgan fingerprint density at radius 2 is 2.10 bits per heavy atom. The average Bonchev–Trinajstić information content (AvgIpc) is 3.17. The number of nitrogens with zero attached hydrogens (tertiary/aromatic N) is 2. The SMILES string of the molecule is CN=C(NCC1(CCOC)CC1)N1CCSC(C)(C)C1.I. The topological polar surface area (TPSA) is 36.9 Å². The van der Waals surface area contributed by atoms with Crippen molar-refractivity contribution in [2.75, 3.05) is 46.2 Å². The third-order valence-corrected chi connectivity index (χ3v) is 5.65. The lowest BCUT2D eigenvalue weighted by molar-refractivity contribution is 0.172. The van der Waals surface area contributed by atoms with Gasteiger partial charge in [-0.15, -0.1) is 24.0 Å². The van der Waals surface area contributed by atoms with Crippen molar-refractivity contribution in [1.82, 2.24) is 10.2 Å². The fourth-order valence-corrected chi connectivity index (χ4v) is 3.92. The van der Waals surface area contributed by atoms with E-state index in [0.29, 0.717) is 10.2 Å². The number of hydrogen-bond donors (Lipinski definition) is 1. The Morgan fingerprint density at radius 1 is 1.38 bits per heavy atom. The third kappa shape index (κ3) is 5.78. The van der Waals surface area contributed by atoms with Crippen molar-refractivity contribution < 1.29 is 4.74 Å². The van der Waals surface area contributed by atoms with Crippen molar-refractivity contribution in [3.05, 3.63) is 0 Å². The van der Waals surface area contributed by atoms with Crippen molar-refractivity contribution in [3.63, 3.8) is 0 Å². The summed E-state index contributed by atoms with van der Waals surface area (Å²) in [7, 11) is 3.68. The van der Waals surface area contributed by atoms with Crippen LogP contribution in [0.25, 0.3) is 0 Å². The van der Waals surface area contributed by atoms with Crippen LogP contribution in [0.3, 0.4) is 0 Å². The molecule has 1 heterocycles. The van der Waals surface area contributed by atoms with Crippen LogP contribution in [0.2, 0.25) is 0 Å². The number of halogens is 1. The molecule has 0 amide bonds. The number of hydrogen-bond acceptors (Lipinski definition) is 3. The summed E-state index contributed by atoms with van der Waals surface area (Å²) >= 11 is 2.06. The highest BCUT2D eigenvalue weighted by molar-refractivity contribution is 14.0. The van der Waals surface area contributed by atoms with E-state index in [0.717, 1.165) is 38.6 Å². The first kappa shape index (κ1) is 19.4. The summed E-state index contributed by atoms with van der Waals surface area (Å²) < 4.78 is 5.55. The zero-order valence-corrected chi connectivity index (χ0v) is 16.9. The number of nitrogens with one attached hydrogen (secondary N) is 1. The van der Waals surface area contributed by atoms with Gasteiger partial charge in [-0.3, -0.25) is 4.99 Å². The van der Waals surface area contributed by atoms with Crippen LogP contribution >= 0.6 is 35.7 Å². The van der Waals surface area contributed by atoms with Gasteiger partial charge in [-0.1, -0.05) is 0 Å². The molecule has 0 radical (unpaired) electrons. The number of guanidine groups is 1. The molecule has 0 aromatic carbocycles. The summed E-state index contributed by atoms with van der Waals surface area (Å²) in [4.78, 5) is 6.89. The summed E-state index contributed by atoms with van der Waals surface area (Å²) in [5, 5.41) is 3.60. The highest BCUT2D eigenvalue weighted by Gasteiger charge is 2.42. The molecule has 0 atom stereocenters. The molecule has 1 saturated carbocycles. The van der Waals surface area contributed by atoms with Crippen LogP contribution < -0.4 is 5.32 Å². The Balaban J connectivity index is 0.00000220. The van der Waals surface area contributed by atoms with Crippen LogP contribution in [-0.4, -0.2) is 61.8 Å². The summed E-state index contributed by atoms with van der Waals surface area (Å²) in [5.74, 6) is 2.25. The fourth-order valence-electron chi connectivity index (χ4n) is 2.81. The van der Waals surface area contributed by atoms with Crippen LogP contribution in [0.15, 0.2) is 4.99 Å². The van der Waals surface area contributed by atoms with Gasteiger partial charge in [0.05, 0.1) is 0 Å². The van der Waals surface area contributed by atoms with Crippen LogP contribution in [0.5, 0.6) is 0 Å². The molecule has 0 spiro atoms. The Kier molecular flexibility index (Phi) is 7.60. The van der Waals surface area contributed by atoms with Crippen molar-refractivity contribution in [2.24, 2.45) is 10.4 Å². The molecule has 2 fully saturated rings. The van der Waals surface area contributed by atoms with Gasteiger partial charge in [-0.05, 0) is 38.5 Å². The van der Waals surface area contributed by atoms with Crippen LogP contribution in [0.4, 0.5) is 0 Å². The van der Waals surface area contributed by atoms with E-state index in [1.165, 1.54) is 18.6 Å². The number of methoxy groups -OCH3 is 1. The molecule has 6 heteroatoms. The zero-order chi connectivity index (χ0) is 14.6. The first-order chi connectivity index (χ1) is 9.50. The van der Waals surface area contributed by atoms with Gasteiger partial charge in [-0.25, -0.2) is 0 Å². The lowest BCUT2D eigenvalue weighted by Gasteiger charge is -2.39. The monoisotopic (exact) mass is 427 g/mol. The number of rotatable bonds is 5. The van der Waals surface area contributed by atoms with E-state index in [2.05, 4.69) is 40.8 Å². The quantitative estimate of drug-likeness (QED) is 0.416. The van der Waals surface area contributed by atoms with E-state index in [1.807, 2.05) is 7.05 Å². The van der Waals surface area contributed by atoms with Crippen molar-refractivity contribution in [2.45, 2.75) is 37.9 Å². The predicted molar refractivity (Wildman–Crippen MR) is 103 cm³/mol. The number of aliphatic imine (C=N–C) groups is 1. The van der Waals surface area contributed by atoms with Gasteiger partial charge in [0.1, 0.15) is 0 Å². The number of ether oxygens (including phenoxy) is 1. The third-order valence-electron chi connectivity index (χ3n) is 4.35. The Hall–Kier alpha value is 0.310.